The molecule has 9 nitrogen and oxygen atoms in total. The first-order valence-corrected chi connectivity index (χ1v) is 8.63. The Morgan fingerprint density at radius 2 is 1.56 bits per heavy atom. The maximum absolute atomic E-state index is 12.6. The SMILES string of the molecule is COc1cc(OC)nc(OC(C(=O)N[C@@H](C)C(=O)OC(C)(C)C)C(C)C)n1. The highest BCUT2D eigenvalue weighted by Gasteiger charge is 2.30. The Hall–Kier alpha value is -2.58. The van der Waals surface area contributed by atoms with Crippen molar-refractivity contribution >= 4 is 11.9 Å². The van der Waals surface area contributed by atoms with Gasteiger partial charge in [0.2, 0.25) is 11.8 Å². The van der Waals surface area contributed by atoms with Crippen LogP contribution in [0.2, 0.25) is 0 Å². The average molecular weight is 383 g/mol. The van der Waals surface area contributed by atoms with Gasteiger partial charge < -0.3 is 24.3 Å². The number of amides is 1. The Bertz CT molecular complexity index is 635. The second kappa shape index (κ2) is 9.38. The summed E-state index contributed by atoms with van der Waals surface area (Å²) in [6.07, 6.45) is -0.924. The number of carbonyl (C=O) groups excluding carboxylic acids is 2. The van der Waals surface area contributed by atoms with E-state index in [1.165, 1.54) is 20.3 Å². The van der Waals surface area contributed by atoms with Crippen molar-refractivity contribution in [3.8, 4) is 17.8 Å². The molecule has 2 atom stereocenters. The van der Waals surface area contributed by atoms with Crippen LogP contribution in [0.4, 0.5) is 0 Å². The highest BCUT2D eigenvalue weighted by atomic mass is 16.6. The van der Waals surface area contributed by atoms with E-state index in [2.05, 4.69) is 15.3 Å². The van der Waals surface area contributed by atoms with Gasteiger partial charge in [-0.25, -0.2) is 4.79 Å². The predicted octanol–water partition coefficient (Wildman–Crippen LogP) is 1.74. The normalized spacial score (nSPS) is 13.5. The summed E-state index contributed by atoms with van der Waals surface area (Å²) in [6, 6.07) is 0.592. The molecule has 0 aliphatic rings. The number of nitrogens with zero attached hydrogens (tertiary/aromatic N) is 2. The van der Waals surface area contributed by atoms with E-state index in [1.807, 2.05) is 0 Å². The third-order valence-corrected chi connectivity index (χ3v) is 3.29. The molecule has 1 amide bonds. The van der Waals surface area contributed by atoms with Crippen molar-refractivity contribution in [1.29, 1.82) is 0 Å². The lowest BCUT2D eigenvalue weighted by Crippen LogP contribution is -2.49. The fourth-order valence-corrected chi connectivity index (χ4v) is 2.00. The van der Waals surface area contributed by atoms with Gasteiger partial charge in [-0.1, -0.05) is 13.8 Å². The Labute approximate surface area is 159 Å². The quantitative estimate of drug-likeness (QED) is 0.676. The highest BCUT2D eigenvalue weighted by Crippen LogP contribution is 2.21. The van der Waals surface area contributed by atoms with Crippen molar-refractivity contribution in [2.75, 3.05) is 14.2 Å². The van der Waals surface area contributed by atoms with Crippen molar-refractivity contribution in [2.24, 2.45) is 5.92 Å². The predicted molar refractivity (Wildman–Crippen MR) is 97.8 cm³/mol. The number of hydrogen-bond acceptors (Lipinski definition) is 8. The van der Waals surface area contributed by atoms with Crippen LogP contribution in [0.25, 0.3) is 0 Å². The third-order valence-electron chi connectivity index (χ3n) is 3.29. The van der Waals surface area contributed by atoms with Gasteiger partial charge in [0.25, 0.3) is 5.91 Å². The van der Waals surface area contributed by atoms with Crippen LogP contribution >= 0.6 is 0 Å². The van der Waals surface area contributed by atoms with E-state index >= 15 is 0 Å². The van der Waals surface area contributed by atoms with Gasteiger partial charge in [0.1, 0.15) is 11.6 Å². The lowest BCUT2D eigenvalue weighted by molar-refractivity contribution is -0.158. The molecule has 0 aromatic carbocycles. The van der Waals surface area contributed by atoms with Crippen LogP contribution < -0.4 is 19.5 Å². The number of rotatable bonds is 8. The first kappa shape index (κ1) is 22.5. The molecule has 0 fully saturated rings. The largest absolute Gasteiger partial charge is 0.481 e. The minimum atomic E-state index is -0.924. The molecule has 0 aliphatic carbocycles. The van der Waals surface area contributed by atoms with Crippen LogP contribution in [0.5, 0.6) is 17.8 Å². The first-order chi connectivity index (χ1) is 12.5. The van der Waals surface area contributed by atoms with E-state index in [4.69, 9.17) is 18.9 Å². The van der Waals surface area contributed by atoms with Gasteiger partial charge in [-0.2, -0.15) is 9.97 Å². The number of esters is 1. The maximum Gasteiger partial charge on any atom is 0.328 e. The van der Waals surface area contributed by atoms with Crippen LogP contribution in [0.1, 0.15) is 41.5 Å². The maximum atomic E-state index is 12.6. The minimum Gasteiger partial charge on any atom is -0.481 e. The molecule has 0 saturated carbocycles. The van der Waals surface area contributed by atoms with E-state index < -0.39 is 29.6 Å². The Kier molecular flexibility index (Phi) is 7.81. The second-order valence-electron chi connectivity index (χ2n) is 7.28. The third kappa shape index (κ3) is 7.28. The van der Waals surface area contributed by atoms with Crippen LogP contribution in [0.15, 0.2) is 6.07 Å². The molecular weight excluding hydrogens is 354 g/mol. The van der Waals surface area contributed by atoms with Gasteiger partial charge in [0.15, 0.2) is 6.10 Å². The molecule has 1 unspecified atom stereocenters. The highest BCUT2D eigenvalue weighted by molar-refractivity contribution is 5.87. The molecule has 9 heteroatoms. The molecule has 27 heavy (non-hydrogen) atoms. The number of aromatic nitrogens is 2. The van der Waals surface area contributed by atoms with Crippen molar-refractivity contribution in [2.45, 2.75) is 59.3 Å². The van der Waals surface area contributed by atoms with Crippen LogP contribution in [0, 0.1) is 5.92 Å². The molecular formula is C18H29N3O6. The van der Waals surface area contributed by atoms with Gasteiger partial charge in [0, 0.05) is 0 Å². The molecule has 152 valence electrons. The standard InChI is InChI=1S/C18H29N3O6/c1-10(2)14(15(22)19-11(3)16(23)27-18(4,5)6)26-17-20-12(24-7)9-13(21-17)25-8/h9-11,14H,1-8H3,(H,19,22)/t11-,14?/m0/s1. The molecule has 0 aliphatic heterocycles. The lowest BCUT2D eigenvalue weighted by atomic mass is 10.1. The fourth-order valence-electron chi connectivity index (χ4n) is 2.00. The van der Waals surface area contributed by atoms with Crippen molar-refractivity contribution in [3.63, 3.8) is 0 Å². The minimum absolute atomic E-state index is 0.0648. The zero-order valence-electron chi connectivity index (χ0n) is 17.2. The summed E-state index contributed by atoms with van der Waals surface area (Å²) >= 11 is 0. The number of carbonyl (C=O) groups is 2. The molecule has 0 radical (unpaired) electrons. The van der Waals surface area contributed by atoms with Gasteiger partial charge in [-0.05, 0) is 33.6 Å². The molecule has 1 rings (SSSR count). The molecule has 0 spiro atoms. The summed E-state index contributed by atoms with van der Waals surface area (Å²) in [4.78, 5) is 32.8. The summed E-state index contributed by atoms with van der Waals surface area (Å²) < 4.78 is 21.1. The van der Waals surface area contributed by atoms with Crippen LogP contribution in [-0.4, -0.2) is 53.8 Å². The van der Waals surface area contributed by atoms with E-state index in [0.717, 1.165) is 0 Å². The summed E-state index contributed by atoms with van der Waals surface area (Å²) in [7, 11) is 2.89. The monoisotopic (exact) mass is 383 g/mol. The smallest absolute Gasteiger partial charge is 0.328 e. The van der Waals surface area contributed by atoms with E-state index in [1.54, 1.807) is 41.5 Å². The van der Waals surface area contributed by atoms with Gasteiger partial charge in [0.05, 0.1) is 20.3 Å². The molecule has 1 heterocycles. The number of ether oxygens (including phenoxy) is 4. The topological polar surface area (TPSA) is 109 Å². The van der Waals surface area contributed by atoms with Gasteiger partial charge in [-0.15, -0.1) is 0 Å². The summed E-state index contributed by atoms with van der Waals surface area (Å²) in [6.45, 7) is 10.4. The molecule has 1 aromatic rings. The number of nitrogens with one attached hydrogen (secondary N) is 1. The Morgan fingerprint density at radius 1 is 1.04 bits per heavy atom. The zero-order chi connectivity index (χ0) is 20.8. The molecule has 0 bridgehead atoms. The van der Waals surface area contributed by atoms with Gasteiger partial charge >= 0.3 is 12.0 Å². The van der Waals surface area contributed by atoms with Gasteiger partial charge in [-0.3, -0.25) is 4.79 Å². The van der Waals surface area contributed by atoms with Crippen LogP contribution in [-0.2, 0) is 14.3 Å². The number of hydrogen-bond donors (Lipinski definition) is 1. The number of methoxy groups -OCH3 is 2. The van der Waals surface area contributed by atoms with E-state index in [9.17, 15) is 9.59 Å². The molecule has 0 saturated heterocycles. The zero-order valence-corrected chi connectivity index (χ0v) is 17.2. The van der Waals surface area contributed by atoms with Crippen molar-refractivity contribution in [3.05, 3.63) is 6.07 Å². The molecule has 1 aromatic heterocycles. The van der Waals surface area contributed by atoms with Crippen LogP contribution in [0.3, 0.4) is 0 Å². The fraction of sp³-hybridized carbons (Fsp3) is 0.667. The van der Waals surface area contributed by atoms with Crippen molar-refractivity contribution in [1.82, 2.24) is 15.3 Å². The summed E-state index contributed by atoms with van der Waals surface area (Å²) in [5.74, 6) is -0.744. The van der Waals surface area contributed by atoms with Crippen molar-refractivity contribution < 1.29 is 28.5 Å². The van der Waals surface area contributed by atoms with E-state index in [-0.39, 0.29) is 23.7 Å². The second-order valence-corrected chi connectivity index (χ2v) is 7.28. The summed E-state index contributed by atoms with van der Waals surface area (Å²) in [5.41, 5.74) is -0.644. The summed E-state index contributed by atoms with van der Waals surface area (Å²) in [5, 5.41) is 2.60. The molecule has 1 N–H and O–H groups in total. The Balaban J connectivity index is 2.89. The first-order valence-electron chi connectivity index (χ1n) is 8.63. The average Bonchev–Trinajstić information content (AvgIpc) is 2.57. The lowest BCUT2D eigenvalue weighted by Gasteiger charge is -2.25. The van der Waals surface area contributed by atoms with E-state index in [0.29, 0.717) is 0 Å². The Morgan fingerprint density at radius 3 is 1.96 bits per heavy atom.